The fraction of sp³-hybridized carbons (Fsp3) is 0.192. The maximum atomic E-state index is 14.3. The van der Waals surface area contributed by atoms with Crippen LogP contribution in [0.3, 0.4) is 0 Å². The SMILES string of the molecule is CC(C)(O)C(F)CNC(=O)c1cnc(-c2ccc3cc(C#N)cnn23)cc1Nc1cnc(-c2cnco2)nc1. The van der Waals surface area contributed by atoms with Gasteiger partial charge in [0.05, 0.1) is 76.3 Å². The number of oxazole rings is 1. The number of aliphatic hydroxyl groups is 1. The fourth-order valence-corrected chi connectivity index (χ4v) is 3.66. The number of nitriles is 1. The third-order valence-electron chi connectivity index (χ3n) is 5.83. The van der Waals surface area contributed by atoms with Crippen molar-refractivity contribution in [1.82, 2.24) is 34.9 Å². The van der Waals surface area contributed by atoms with Gasteiger partial charge in [0.1, 0.15) is 12.2 Å². The van der Waals surface area contributed by atoms with Gasteiger partial charge in [-0.3, -0.25) is 9.78 Å². The first-order valence-corrected chi connectivity index (χ1v) is 11.7. The van der Waals surface area contributed by atoms with Gasteiger partial charge < -0.3 is 20.2 Å². The van der Waals surface area contributed by atoms with E-state index in [1.165, 1.54) is 51.2 Å². The number of nitrogens with zero attached hydrogens (tertiary/aromatic N) is 7. The molecule has 0 bridgehead atoms. The Morgan fingerprint density at radius 1 is 1.18 bits per heavy atom. The quantitative estimate of drug-likeness (QED) is 0.272. The molecule has 1 unspecified atom stereocenters. The average molecular weight is 528 g/mol. The van der Waals surface area contributed by atoms with Gasteiger partial charge in [-0.15, -0.1) is 0 Å². The Kier molecular flexibility index (Phi) is 6.70. The topological polar surface area (TPSA) is 167 Å². The highest BCUT2D eigenvalue weighted by Gasteiger charge is 2.27. The molecule has 3 N–H and O–H groups in total. The van der Waals surface area contributed by atoms with Crippen LogP contribution in [0.15, 0.2) is 66.1 Å². The molecule has 196 valence electrons. The summed E-state index contributed by atoms with van der Waals surface area (Å²) in [7, 11) is 0. The molecule has 0 aliphatic carbocycles. The molecule has 12 nitrogen and oxygen atoms in total. The number of amides is 1. The van der Waals surface area contributed by atoms with Crippen LogP contribution in [-0.2, 0) is 0 Å². The Bertz CT molecular complexity index is 1670. The van der Waals surface area contributed by atoms with Gasteiger partial charge in [-0.2, -0.15) is 10.4 Å². The molecule has 1 atom stereocenters. The molecule has 0 saturated heterocycles. The number of nitrogens with one attached hydrogen (secondary N) is 2. The molecule has 0 aromatic carbocycles. The van der Waals surface area contributed by atoms with E-state index in [9.17, 15) is 14.3 Å². The molecule has 5 heterocycles. The molecule has 0 saturated carbocycles. The zero-order valence-corrected chi connectivity index (χ0v) is 20.8. The number of rotatable bonds is 8. The Labute approximate surface area is 221 Å². The second-order valence-electron chi connectivity index (χ2n) is 9.14. The molecule has 0 aliphatic heterocycles. The van der Waals surface area contributed by atoms with Gasteiger partial charge in [-0.1, -0.05) is 0 Å². The van der Waals surface area contributed by atoms with E-state index in [-0.39, 0.29) is 5.56 Å². The maximum Gasteiger partial charge on any atom is 0.255 e. The van der Waals surface area contributed by atoms with Gasteiger partial charge in [0.2, 0.25) is 0 Å². The first-order valence-electron chi connectivity index (χ1n) is 11.7. The monoisotopic (exact) mass is 527 g/mol. The molecule has 0 spiro atoms. The minimum absolute atomic E-state index is 0.126. The van der Waals surface area contributed by atoms with Gasteiger partial charge in [-0.25, -0.2) is 23.9 Å². The van der Waals surface area contributed by atoms with Crippen LogP contribution in [0.2, 0.25) is 0 Å². The number of aromatic nitrogens is 6. The maximum absolute atomic E-state index is 14.3. The normalized spacial score (nSPS) is 12.2. The standard InChI is InChI=1S/C26H22FN9O3/c1-26(2,38)23(27)13-33-25(37)18-11-30-20(21-4-3-17-5-15(7-28)8-34-36(17)21)6-19(18)35-16-9-31-24(32-10-16)22-12-29-14-39-22/h3-6,8-12,14,23,38H,13H2,1-2H3,(H,30,35)(H,33,37). The lowest BCUT2D eigenvalue weighted by Crippen LogP contribution is -2.42. The van der Waals surface area contributed by atoms with Crippen LogP contribution in [-0.4, -0.2) is 58.9 Å². The lowest BCUT2D eigenvalue weighted by Gasteiger charge is -2.22. The third-order valence-corrected chi connectivity index (χ3v) is 5.83. The van der Waals surface area contributed by atoms with Crippen molar-refractivity contribution in [2.45, 2.75) is 25.6 Å². The van der Waals surface area contributed by atoms with Crippen molar-refractivity contribution in [2.75, 3.05) is 11.9 Å². The Hall–Kier alpha value is -5.22. The van der Waals surface area contributed by atoms with Gasteiger partial charge in [0.25, 0.3) is 5.91 Å². The van der Waals surface area contributed by atoms with E-state index in [0.717, 1.165) is 0 Å². The number of anilines is 2. The average Bonchev–Trinajstić information content (AvgIpc) is 3.61. The van der Waals surface area contributed by atoms with Crippen LogP contribution < -0.4 is 10.6 Å². The number of fused-ring (bicyclic) bond motifs is 1. The largest absolute Gasteiger partial charge is 0.440 e. The van der Waals surface area contributed by atoms with Gasteiger partial charge >= 0.3 is 0 Å². The summed E-state index contributed by atoms with van der Waals surface area (Å²) in [5.41, 5.74) is 1.52. The van der Waals surface area contributed by atoms with Crippen molar-refractivity contribution < 1.29 is 18.7 Å². The van der Waals surface area contributed by atoms with E-state index in [0.29, 0.717) is 45.4 Å². The summed E-state index contributed by atoms with van der Waals surface area (Å²) in [6.07, 6.45) is 6.90. The van der Waals surface area contributed by atoms with Crippen LogP contribution in [0.1, 0.15) is 29.8 Å². The minimum Gasteiger partial charge on any atom is -0.440 e. The molecule has 1 amide bonds. The van der Waals surface area contributed by atoms with E-state index >= 15 is 0 Å². The molecule has 5 aromatic rings. The second kappa shape index (κ2) is 10.3. The molecule has 13 heteroatoms. The number of hydrogen-bond donors (Lipinski definition) is 3. The van der Waals surface area contributed by atoms with Gasteiger partial charge in [-0.05, 0) is 38.1 Å². The summed E-state index contributed by atoms with van der Waals surface area (Å²) in [5.74, 6) is 0.126. The highest BCUT2D eigenvalue weighted by molar-refractivity contribution is 6.00. The van der Waals surface area contributed by atoms with Gasteiger partial charge in [0, 0.05) is 6.20 Å². The lowest BCUT2D eigenvalue weighted by molar-refractivity contribution is -0.00177. The summed E-state index contributed by atoms with van der Waals surface area (Å²) >= 11 is 0. The summed E-state index contributed by atoms with van der Waals surface area (Å²) in [5, 5.41) is 29.0. The smallest absolute Gasteiger partial charge is 0.255 e. The van der Waals surface area contributed by atoms with Crippen molar-refractivity contribution in [3.63, 3.8) is 0 Å². The van der Waals surface area contributed by atoms with Crippen LogP contribution in [0.5, 0.6) is 0 Å². The molecule has 5 rings (SSSR count). The molecule has 39 heavy (non-hydrogen) atoms. The summed E-state index contributed by atoms with van der Waals surface area (Å²) < 4.78 is 21.1. The molecule has 5 aromatic heterocycles. The first-order chi connectivity index (χ1) is 18.7. The van der Waals surface area contributed by atoms with Crippen LogP contribution in [0.25, 0.3) is 28.5 Å². The first kappa shape index (κ1) is 25.4. The Morgan fingerprint density at radius 3 is 2.67 bits per heavy atom. The predicted molar refractivity (Wildman–Crippen MR) is 137 cm³/mol. The third kappa shape index (κ3) is 5.41. The van der Waals surface area contributed by atoms with E-state index in [1.54, 1.807) is 28.8 Å². The highest BCUT2D eigenvalue weighted by Crippen LogP contribution is 2.28. The molecular formula is C26H22FN9O3. The minimum atomic E-state index is -1.68. The summed E-state index contributed by atoms with van der Waals surface area (Å²) in [4.78, 5) is 29.9. The molecular weight excluding hydrogens is 505 g/mol. The number of carbonyl (C=O) groups excluding carboxylic acids is 1. The zero-order chi connectivity index (χ0) is 27.6. The number of alkyl halides is 1. The number of hydrogen-bond acceptors (Lipinski definition) is 10. The zero-order valence-electron chi connectivity index (χ0n) is 20.8. The van der Waals surface area contributed by atoms with E-state index in [2.05, 4.69) is 41.7 Å². The summed E-state index contributed by atoms with van der Waals surface area (Å²) in [6.45, 7) is 2.25. The van der Waals surface area contributed by atoms with Gasteiger partial charge in [0.15, 0.2) is 18.0 Å². The van der Waals surface area contributed by atoms with Crippen molar-refractivity contribution >= 4 is 22.8 Å². The molecule has 0 radical (unpaired) electrons. The van der Waals surface area contributed by atoms with E-state index in [4.69, 9.17) is 9.68 Å². The van der Waals surface area contributed by atoms with E-state index < -0.39 is 24.2 Å². The van der Waals surface area contributed by atoms with Crippen molar-refractivity contribution in [3.05, 3.63) is 72.8 Å². The van der Waals surface area contributed by atoms with Crippen molar-refractivity contribution in [3.8, 4) is 29.0 Å². The predicted octanol–water partition coefficient (Wildman–Crippen LogP) is 3.30. The van der Waals surface area contributed by atoms with Crippen LogP contribution in [0.4, 0.5) is 15.8 Å². The van der Waals surface area contributed by atoms with Crippen molar-refractivity contribution in [2.24, 2.45) is 0 Å². The summed E-state index contributed by atoms with van der Waals surface area (Å²) in [6, 6.07) is 8.99. The number of pyridine rings is 1. The lowest BCUT2D eigenvalue weighted by atomic mass is 10.0. The Balaban J connectivity index is 1.49. The van der Waals surface area contributed by atoms with Crippen molar-refractivity contribution in [1.29, 1.82) is 5.26 Å². The highest BCUT2D eigenvalue weighted by atomic mass is 19.1. The molecule has 0 fully saturated rings. The second-order valence-corrected chi connectivity index (χ2v) is 9.14. The van der Waals surface area contributed by atoms with Crippen LogP contribution >= 0.6 is 0 Å². The fourth-order valence-electron chi connectivity index (χ4n) is 3.66. The van der Waals surface area contributed by atoms with Crippen LogP contribution in [0, 0.1) is 11.3 Å². The number of carbonyl (C=O) groups is 1. The Morgan fingerprint density at radius 2 is 1.97 bits per heavy atom. The number of halogens is 1. The van der Waals surface area contributed by atoms with E-state index in [1.807, 2.05) is 0 Å². The molecule has 0 aliphatic rings.